The third kappa shape index (κ3) is 6.59. The van der Waals surface area contributed by atoms with Gasteiger partial charge in [0.25, 0.3) is 5.91 Å². The number of primary amides is 1. The third-order valence-corrected chi connectivity index (χ3v) is 7.07. The van der Waals surface area contributed by atoms with Crippen LogP contribution in [0.3, 0.4) is 0 Å². The van der Waals surface area contributed by atoms with Gasteiger partial charge in [-0.15, -0.1) is 0 Å². The van der Waals surface area contributed by atoms with E-state index in [-0.39, 0.29) is 34.1 Å². The zero-order chi connectivity index (χ0) is 28.8. The molecule has 2 aromatic heterocycles. The Balaban J connectivity index is 1.45. The first-order chi connectivity index (χ1) is 19.1. The van der Waals surface area contributed by atoms with E-state index < -0.39 is 17.8 Å². The number of rotatable bonds is 11. The quantitative estimate of drug-likeness (QED) is 0.264. The first-order valence-electron chi connectivity index (χ1n) is 12.1. The standard InChI is InChI=1S/C28H27FN6O4S/c1-17(27(31)38)35(21-9-7-20(29)8-10-21)28-33-26(30)25(40-28)24(37)19-5-11-22(12-6-19)39-16-23(36)34(2)15-18-4-3-13-32-14-18/h3-14,17H,15-16,30H2,1-2H3,(H2,31,38)/t17-/m1/s1. The molecule has 4 rings (SSSR count). The van der Waals surface area contributed by atoms with Crippen molar-refractivity contribution in [3.63, 3.8) is 0 Å². The number of carbonyl (C=O) groups excluding carboxylic acids is 3. The highest BCUT2D eigenvalue weighted by molar-refractivity contribution is 7.18. The van der Waals surface area contributed by atoms with Crippen LogP contribution in [-0.2, 0) is 16.1 Å². The van der Waals surface area contributed by atoms with Gasteiger partial charge in [0.15, 0.2) is 11.7 Å². The number of carbonyl (C=O) groups is 3. The smallest absolute Gasteiger partial charge is 0.260 e. The minimum atomic E-state index is -0.846. The molecular weight excluding hydrogens is 535 g/mol. The van der Waals surface area contributed by atoms with Crippen molar-refractivity contribution in [2.24, 2.45) is 5.73 Å². The van der Waals surface area contributed by atoms with Gasteiger partial charge in [-0.25, -0.2) is 9.37 Å². The van der Waals surface area contributed by atoms with E-state index in [1.54, 1.807) is 56.7 Å². The molecule has 1 atom stereocenters. The average molecular weight is 563 g/mol. The number of aromatic nitrogens is 2. The Bertz CT molecular complexity index is 1500. The van der Waals surface area contributed by atoms with Crippen molar-refractivity contribution >= 4 is 45.6 Å². The highest BCUT2D eigenvalue weighted by Crippen LogP contribution is 2.36. The molecule has 0 unspecified atom stereocenters. The lowest BCUT2D eigenvalue weighted by Crippen LogP contribution is -2.39. The number of anilines is 3. The summed E-state index contributed by atoms with van der Waals surface area (Å²) < 4.78 is 19.1. The number of hydrogen-bond acceptors (Lipinski definition) is 9. The van der Waals surface area contributed by atoms with Gasteiger partial charge in [0.1, 0.15) is 28.3 Å². The second-order valence-corrected chi connectivity index (χ2v) is 9.87. The van der Waals surface area contributed by atoms with Crippen LogP contribution < -0.4 is 21.1 Å². The van der Waals surface area contributed by atoms with Gasteiger partial charge in [-0.2, -0.15) is 0 Å². The molecule has 10 nitrogen and oxygen atoms in total. The van der Waals surface area contributed by atoms with Crippen molar-refractivity contribution in [3.05, 3.63) is 94.9 Å². The first kappa shape index (κ1) is 28.2. The summed E-state index contributed by atoms with van der Waals surface area (Å²) in [5.74, 6) is -1.29. The number of pyridine rings is 1. The second-order valence-electron chi connectivity index (χ2n) is 8.89. The molecule has 0 aliphatic carbocycles. The van der Waals surface area contributed by atoms with Crippen LogP contribution in [0.5, 0.6) is 5.75 Å². The molecule has 4 aromatic rings. The average Bonchev–Trinajstić information content (AvgIpc) is 3.33. The largest absolute Gasteiger partial charge is 0.484 e. The van der Waals surface area contributed by atoms with E-state index in [1.807, 2.05) is 6.07 Å². The van der Waals surface area contributed by atoms with Crippen LogP contribution in [-0.4, -0.2) is 52.2 Å². The fourth-order valence-corrected chi connectivity index (χ4v) is 4.81. The molecule has 0 aliphatic heterocycles. The molecule has 2 heterocycles. The number of amides is 2. The number of ether oxygens (including phenoxy) is 1. The van der Waals surface area contributed by atoms with Crippen molar-refractivity contribution in [1.82, 2.24) is 14.9 Å². The fraction of sp³-hybridized carbons (Fsp3) is 0.179. The van der Waals surface area contributed by atoms with Crippen molar-refractivity contribution in [1.29, 1.82) is 0 Å². The maximum Gasteiger partial charge on any atom is 0.260 e. The SMILES string of the molecule is C[C@H](C(N)=O)N(c1ccc(F)cc1)c1nc(N)c(C(=O)c2ccc(OCC(=O)N(C)Cc3cccnc3)cc2)s1. The lowest BCUT2D eigenvalue weighted by Gasteiger charge is -2.26. The summed E-state index contributed by atoms with van der Waals surface area (Å²) in [5.41, 5.74) is 13.3. The summed E-state index contributed by atoms with van der Waals surface area (Å²) >= 11 is 0.990. The molecule has 4 N–H and O–H groups in total. The maximum absolute atomic E-state index is 13.5. The number of ketones is 1. The van der Waals surface area contributed by atoms with E-state index in [2.05, 4.69) is 9.97 Å². The Labute approximate surface area is 234 Å². The molecule has 0 fully saturated rings. The van der Waals surface area contributed by atoms with Gasteiger partial charge in [-0.1, -0.05) is 17.4 Å². The van der Waals surface area contributed by atoms with Gasteiger partial charge >= 0.3 is 0 Å². The molecule has 0 spiro atoms. The summed E-state index contributed by atoms with van der Waals surface area (Å²) in [4.78, 5) is 49.2. The Kier molecular flexibility index (Phi) is 8.70. The predicted octanol–water partition coefficient (Wildman–Crippen LogP) is 3.54. The van der Waals surface area contributed by atoms with Crippen LogP contribution >= 0.6 is 11.3 Å². The Morgan fingerprint density at radius 1 is 1.07 bits per heavy atom. The normalized spacial score (nSPS) is 11.5. The highest BCUT2D eigenvalue weighted by atomic mass is 32.1. The second kappa shape index (κ2) is 12.3. The number of nitrogens with two attached hydrogens (primary N) is 2. The van der Waals surface area contributed by atoms with E-state index in [0.29, 0.717) is 23.5 Å². The Hall–Kier alpha value is -4.84. The van der Waals surface area contributed by atoms with Crippen LogP contribution in [0.4, 0.5) is 21.0 Å². The number of nitrogen functional groups attached to an aromatic ring is 1. The molecule has 0 radical (unpaired) electrons. The van der Waals surface area contributed by atoms with Crippen LogP contribution in [0.1, 0.15) is 27.7 Å². The van der Waals surface area contributed by atoms with Crippen molar-refractivity contribution in [3.8, 4) is 5.75 Å². The van der Waals surface area contributed by atoms with Crippen molar-refractivity contribution in [2.45, 2.75) is 19.5 Å². The van der Waals surface area contributed by atoms with Crippen LogP contribution in [0.25, 0.3) is 0 Å². The lowest BCUT2D eigenvalue weighted by molar-refractivity contribution is -0.132. The van der Waals surface area contributed by atoms with Crippen LogP contribution in [0.15, 0.2) is 73.1 Å². The summed E-state index contributed by atoms with van der Waals surface area (Å²) in [6, 6.07) is 14.6. The number of likely N-dealkylation sites (N-methyl/N-ethyl adjacent to an activating group) is 1. The molecular formula is C28H27FN6O4S. The Morgan fingerprint density at radius 2 is 1.77 bits per heavy atom. The van der Waals surface area contributed by atoms with Crippen LogP contribution in [0.2, 0.25) is 0 Å². The topological polar surface area (TPSA) is 145 Å². The van der Waals surface area contributed by atoms with E-state index >= 15 is 0 Å². The number of halogens is 1. The van der Waals surface area contributed by atoms with Gasteiger partial charge < -0.3 is 26.0 Å². The first-order valence-corrected chi connectivity index (χ1v) is 13.0. The van der Waals surface area contributed by atoms with Crippen molar-refractivity contribution < 1.29 is 23.5 Å². The van der Waals surface area contributed by atoms with Gasteiger partial charge in [0.05, 0.1) is 0 Å². The summed E-state index contributed by atoms with van der Waals surface area (Å²) in [5, 5.41) is 0.257. The van der Waals surface area contributed by atoms with E-state index in [9.17, 15) is 18.8 Å². The van der Waals surface area contributed by atoms with Gasteiger partial charge in [0.2, 0.25) is 11.7 Å². The minimum absolute atomic E-state index is 0.0173. The molecule has 12 heteroatoms. The monoisotopic (exact) mass is 562 g/mol. The number of thiazole rings is 1. The zero-order valence-electron chi connectivity index (χ0n) is 21.8. The van der Waals surface area contributed by atoms with Crippen molar-refractivity contribution in [2.75, 3.05) is 24.3 Å². The molecule has 0 bridgehead atoms. The van der Waals surface area contributed by atoms with Gasteiger partial charge in [-0.3, -0.25) is 19.4 Å². The van der Waals surface area contributed by atoms with Crippen LogP contribution in [0, 0.1) is 5.82 Å². The maximum atomic E-state index is 13.5. The number of benzene rings is 2. The molecule has 0 aliphatic rings. The Morgan fingerprint density at radius 3 is 2.40 bits per heavy atom. The number of hydrogen-bond donors (Lipinski definition) is 2. The summed E-state index contributed by atoms with van der Waals surface area (Å²) in [6.07, 6.45) is 3.36. The van der Waals surface area contributed by atoms with Gasteiger partial charge in [0, 0.05) is 37.2 Å². The summed E-state index contributed by atoms with van der Waals surface area (Å²) in [6.45, 7) is 1.80. The highest BCUT2D eigenvalue weighted by Gasteiger charge is 2.27. The lowest BCUT2D eigenvalue weighted by atomic mass is 10.1. The minimum Gasteiger partial charge on any atom is -0.484 e. The molecule has 206 valence electrons. The van der Waals surface area contributed by atoms with E-state index in [4.69, 9.17) is 16.2 Å². The number of nitrogens with zero attached hydrogens (tertiary/aromatic N) is 4. The predicted molar refractivity (Wildman–Crippen MR) is 150 cm³/mol. The van der Waals surface area contributed by atoms with E-state index in [0.717, 1.165) is 16.9 Å². The molecule has 0 saturated heterocycles. The van der Waals surface area contributed by atoms with Gasteiger partial charge in [-0.05, 0) is 67.1 Å². The zero-order valence-corrected chi connectivity index (χ0v) is 22.6. The third-order valence-electron chi connectivity index (χ3n) is 6.01. The molecule has 2 aromatic carbocycles. The molecule has 0 saturated carbocycles. The summed E-state index contributed by atoms with van der Waals surface area (Å²) in [7, 11) is 1.68. The van der Waals surface area contributed by atoms with E-state index in [1.165, 1.54) is 34.1 Å². The molecule has 2 amide bonds. The fourth-order valence-electron chi connectivity index (χ4n) is 3.76. The molecule has 40 heavy (non-hydrogen) atoms.